The van der Waals surface area contributed by atoms with Gasteiger partial charge in [-0.15, -0.1) is 5.10 Å². The number of nitrogens with zero attached hydrogens (tertiary/aromatic N) is 3. The van der Waals surface area contributed by atoms with Crippen molar-refractivity contribution in [2.45, 2.75) is 64.6 Å². The Labute approximate surface area is 121 Å². The molecule has 1 N–H and O–H groups in total. The fourth-order valence-corrected chi connectivity index (χ4v) is 2.11. The number of unbranched alkanes of at least 4 members (excludes halogenated alkanes) is 6. The van der Waals surface area contributed by atoms with Gasteiger partial charge in [0.2, 0.25) is 5.69 Å². The molecule has 0 bridgehead atoms. The van der Waals surface area contributed by atoms with Crippen molar-refractivity contribution in [3.05, 3.63) is 11.4 Å². The largest absolute Gasteiger partial charge is 0.476 e. The summed E-state index contributed by atoms with van der Waals surface area (Å²) in [7, 11) is 0. The summed E-state index contributed by atoms with van der Waals surface area (Å²) in [6, 6.07) is 0. The first kappa shape index (κ1) is 17.5. The number of carbonyl (C=O) groups is 1. The average Bonchev–Trinajstić information content (AvgIpc) is 2.81. The van der Waals surface area contributed by atoms with Gasteiger partial charge in [0.1, 0.15) is 0 Å². The molecule has 8 heteroatoms. The Morgan fingerprint density at radius 3 is 2.24 bits per heavy atom. The molecule has 0 radical (unpaired) electrons. The monoisotopic (exact) mass is 307 g/mol. The number of alkyl halides is 3. The molecule has 0 aliphatic heterocycles. The zero-order valence-corrected chi connectivity index (χ0v) is 12.0. The molecule has 0 aromatic carbocycles. The first-order chi connectivity index (χ1) is 9.88. The predicted molar refractivity (Wildman–Crippen MR) is 70.0 cm³/mol. The summed E-state index contributed by atoms with van der Waals surface area (Å²) in [5.74, 6) is -1.71. The zero-order valence-electron chi connectivity index (χ0n) is 12.0. The van der Waals surface area contributed by atoms with Gasteiger partial charge in [0.25, 0.3) is 0 Å². The molecule has 0 saturated carbocycles. The Balaban J connectivity index is 2.54. The fourth-order valence-electron chi connectivity index (χ4n) is 2.11. The van der Waals surface area contributed by atoms with Crippen molar-refractivity contribution in [2.75, 3.05) is 0 Å². The van der Waals surface area contributed by atoms with Crippen molar-refractivity contribution in [1.29, 1.82) is 0 Å². The summed E-state index contributed by atoms with van der Waals surface area (Å²) in [5.41, 5.74) is -2.31. The van der Waals surface area contributed by atoms with Crippen LogP contribution in [0, 0.1) is 0 Å². The standard InChI is InChI=1S/C13H20F3N3O2/c1-2-3-4-5-6-7-8-9-19-11(13(14,15)16)10(12(20)21)17-18-19/h2-9H2,1H3,(H,20,21). The smallest absolute Gasteiger partial charge is 0.435 e. The van der Waals surface area contributed by atoms with E-state index in [9.17, 15) is 18.0 Å². The van der Waals surface area contributed by atoms with Crippen LogP contribution in [0.1, 0.15) is 68.1 Å². The van der Waals surface area contributed by atoms with Crippen molar-refractivity contribution in [3.8, 4) is 0 Å². The number of hydrogen-bond acceptors (Lipinski definition) is 3. The lowest BCUT2D eigenvalue weighted by molar-refractivity contribution is -0.144. The van der Waals surface area contributed by atoms with Crippen LogP contribution in [0.15, 0.2) is 0 Å². The molecule has 0 fully saturated rings. The van der Waals surface area contributed by atoms with Crippen LogP contribution in [-0.4, -0.2) is 26.1 Å². The molecule has 0 amide bonds. The molecule has 5 nitrogen and oxygen atoms in total. The molecular weight excluding hydrogens is 287 g/mol. The van der Waals surface area contributed by atoms with E-state index >= 15 is 0 Å². The van der Waals surface area contributed by atoms with Crippen molar-refractivity contribution >= 4 is 5.97 Å². The maximum Gasteiger partial charge on any atom is 0.435 e. The van der Waals surface area contributed by atoms with E-state index in [0.717, 1.165) is 32.1 Å². The quantitative estimate of drug-likeness (QED) is 0.706. The molecule has 0 saturated heterocycles. The Morgan fingerprint density at radius 1 is 1.14 bits per heavy atom. The number of carboxylic acid groups (broad SMARTS) is 1. The maximum atomic E-state index is 12.9. The summed E-state index contributed by atoms with van der Waals surface area (Å²) in [6.45, 7) is 2.15. The van der Waals surface area contributed by atoms with Gasteiger partial charge in [-0.3, -0.25) is 0 Å². The molecule has 120 valence electrons. The van der Waals surface area contributed by atoms with Crippen LogP contribution in [0.2, 0.25) is 0 Å². The van der Waals surface area contributed by atoms with Crippen molar-refractivity contribution < 1.29 is 23.1 Å². The minimum absolute atomic E-state index is 0.0307. The van der Waals surface area contributed by atoms with E-state index in [1.165, 1.54) is 6.42 Å². The van der Waals surface area contributed by atoms with E-state index in [1.807, 2.05) is 0 Å². The van der Waals surface area contributed by atoms with Gasteiger partial charge < -0.3 is 5.11 Å². The molecule has 21 heavy (non-hydrogen) atoms. The van der Waals surface area contributed by atoms with E-state index in [0.29, 0.717) is 11.1 Å². The average molecular weight is 307 g/mol. The normalized spacial score (nSPS) is 11.8. The minimum Gasteiger partial charge on any atom is -0.476 e. The highest BCUT2D eigenvalue weighted by molar-refractivity contribution is 5.86. The van der Waals surface area contributed by atoms with Gasteiger partial charge in [0.05, 0.1) is 0 Å². The van der Waals surface area contributed by atoms with Gasteiger partial charge in [0.15, 0.2) is 5.69 Å². The first-order valence-electron chi connectivity index (χ1n) is 7.12. The minimum atomic E-state index is -4.77. The summed E-state index contributed by atoms with van der Waals surface area (Å²) < 4.78 is 39.2. The van der Waals surface area contributed by atoms with Crippen LogP contribution in [0.3, 0.4) is 0 Å². The van der Waals surface area contributed by atoms with Crippen molar-refractivity contribution in [3.63, 3.8) is 0 Å². The van der Waals surface area contributed by atoms with E-state index < -0.39 is 23.5 Å². The third-order valence-corrected chi connectivity index (χ3v) is 3.18. The van der Waals surface area contributed by atoms with Gasteiger partial charge >= 0.3 is 12.1 Å². The first-order valence-corrected chi connectivity index (χ1v) is 7.12. The molecule has 0 atom stereocenters. The molecule has 0 aliphatic rings. The van der Waals surface area contributed by atoms with Crippen LogP contribution in [0.25, 0.3) is 0 Å². The van der Waals surface area contributed by atoms with Gasteiger partial charge in [-0.05, 0) is 6.42 Å². The Morgan fingerprint density at radius 2 is 1.71 bits per heavy atom. The second kappa shape index (κ2) is 7.99. The Bertz CT molecular complexity index is 458. The number of carboxylic acids is 1. The SMILES string of the molecule is CCCCCCCCCn1nnc(C(=O)O)c1C(F)(F)F. The predicted octanol–water partition coefficient (Wildman–Crippen LogP) is 3.75. The van der Waals surface area contributed by atoms with Crippen LogP contribution in [0.4, 0.5) is 13.2 Å². The van der Waals surface area contributed by atoms with Crippen molar-refractivity contribution in [2.24, 2.45) is 0 Å². The Hall–Kier alpha value is -1.60. The number of hydrogen-bond donors (Lipinski definition) is 1. The second-order valence-electron chi connectivity index (χ2n) is 4.93. The summed E-state index contributed by atoms with van der Waals surface area (Å²) in [6.07, 6.45) is 2.03. The highest BCUT2D eigenvalue weighted by Gasteiger charge is 2.41. The van der Waals surface area contributed by atoms with E-state index in [4.69, 9.17) is 5.11 Å². The van der Waals surface area contributed by atoms with Gasteiger partial charge in [0, 0.05) is 6.54 Å². The summed E-state index contributed by atoms with van der Waals surface area (Å²) >= 11 is 0. The van der Waals surface area contributed by atoms with E-state index in [1.54, 1.807) is 0 Å². The molecule has 0 aliphatic carbocycles. The lowest BCUT2D eigenvalue weighted by Gasteiger charge is -2.09. The fraction of sp³-hybridized carbons (Fsp3) is 0.769. The third-order valence-electron chi connectivity index (χ3n) is 3.18. The number of rotatable bonds is 9. The topological polar surface area (TPSA) is 68.0 Å². The third kappa shape index (κ3) is 5.35. The van der Waals surface area contributed by atoms with Gasteiger partial charge in [-0.25, -0.2) is 9.48 Å². The van der Waals surface area contributed by atoms with Gasteiger partial charge in [-0.1, -0.05) is 50.7 Å². The van der Waals surface area contributed by atoms with Crippen molar-refractivity contribution in [1.82, 2.24) is 15.0 Å². The zero-order chi connectivity index (χ0) is 15.9. The van der Waals surface area contributed by atoms with Gasteiger partial charge in [-0.2, -0.15) is 13.2 Å². The lowest BCUT2D eigenvalue weighted by atomic mass is 10.1. The van der Waals surface area contributed by atoms with Crippen LogP contribution < -0.4 is 0 Å². The second-order valence-corrected chi connectivity index (χ2v) is 4.93. The van der Waals surface area contributed by atoms with Crippen LogP contribution in [-0.2, 0) is 12.7 Å². The van der Waals surface area contributed by atoms with E-state index in [-0.39, 0.29) is 6.54 Å². The molecule has 1 aromatic heterocycles. The number of aromatic nitrogens is 3. The summed E-state index contributed by atoms with van der Waals surface area (Å²) in [5, 5.41) is 15.2. The summed E-state index contributed by atoms with van der Waals surface area (Å²) in [4.78, 5) is 10.7. The molecule has 0 unspecified atom stereocenters. The highest BCUT2D eigenvalue weighted by Crippen LogP contribution is 2.31. The number of aryl methyl sites for hydroxylation is 1. The highest BCUT2D eigenvalue weighted by atomic mass is 19.4. The van der Waals surface area contributed by atoms with E-state index in [2.05, 4.69) is 17.2 Å². The lowest BCUT2D eigenvalue weighted by Crippen LogP contribution is -2.18. The molecule has 1 heterocycles. The number of aromatic carboxylic acids is 1. The van der Waals surface area contributed by atoms with Crippen LogP contribution >= 0.6 is 0 Å². The Kier molecular flexibility index (Phi) is 6.64. The molecule has 1 rings (SSSR count). The molecular formula is C13H20F3N3O2. The molecule has 1 aromatic rings. The van der Waals surface area contributed by atoms with Crippen LogP contribution in [0.5, 0.6) is 0 Å². The number of halogens is 3. The maximum absolute atomic E-state index is 12.9. The molecule has 0 spiro atoms.